The fourth-order valence-corrected chi connectivity index (χ4v) is 1.09. The van der Waals surface area contributed by atoms with Gasteiger partial charge in [-0.05, 0) is 12.1 Å². The van der Waals surface area contributed by atoms with Gasteiger partial charge in [0.1, 0.15) is 6.42 Å². The predicted octanol–water partition coefficient (Wildman–Crippen LogP) is 0.356. The highest BCUT2D eigenvalue weighted by molar-refractivity contribution is 5.68. The molecule has 0 saturated heterocycles. The minimum absolute atomic E-state index is 0.145. The van der Waals surface area contributed by atoms with E-state index in [2.05, 4.69) is 10.1 Å². The lowest BCUT2D eigenvalue weighted by molar-refractivity contribution is -0.136. The number of nitrogens with zero attached hydrogens (tertiary/aromatic N) is 3. The lowest BCUT2D eigenvalue weighted by atomic mass is 10.4. The monoisotopic (exact) mass is 177 g/mol. The van der Waals surface area contributed by atoms with E-state index in [1.807, 2.05) is 12.1 Å². The van der Waals surface area contributed by atoms with Crippen molar-refractivity contribution in [1.29, 1.82) is 0 Å². The fourth-order valence-electron chi connectivity index (χ4n) is 1.09. The highest BCUT2D eigenvalue weighted by Crippen LogP contribution is 2.00. The third kappa shape index (κ3) is 1.48. The molecule has 2 aromatic rings. The number of hydrogen-bond donors (Lipinski definition) is 1. The maximum absolute atomic E-state index is 10.4. The Labute approximate surface area is 73.6 Å². The van der Waals surface area contributed by atoms with Crippen molar-refractivity contribution in [3.63, 3.8) is 0 Å². The van der Waals surface area contributed by atoms with E-state index in [0.29, 0.717) is 5.82 Å². The topological polar surface area (TPSA) is 67.5 Å². The molecule has 5 nitrogen and oxygen atoms in total. The first kappa shape index (κ1) is 7.72. The summed E-state index contributed by atoms with van der Waals surface area (Å²) in [7, 11) is 0. The van der Waals surface area contributed by atoms with Crippen molar-refractivity contribution in [2.75, 3.05) is 0 Å². The molecule has 1 N–H and O–H groups in total. The molecular weight excluding hydrogens is 170 g/mol. The first-order valence-corrected chi connectivity index (χ1v) is 3.77. The standard InChI is InChI=1S/C8H7N3O2/c12-8(13)4-7-9-5-6-2-1-3-11(6)10-7/h1-3,5H,4H2,(H,12,13). The summed E-state index contributed by atoms with van der Waals surface area (Å²) in [4.78, 5) is 14.3. The average molecular weight is 177 g/mol. The number of aliphatic carboxylic acids is 1. The highest BCUT2D eigenvalue weighted by atomic mass is 16.4. The predicted molar refractivity (Wildman–Crippen MR) is 44.3 cm³/mol. The minimum Gasteiger partial charge on any atom is -0.481 e. The van der Waals surface area contributed by atoms with Crippen LogP contribution < -0.4 is 0 Å². The summed E-state index contributed by atoms with van der Waals surface area (Å²) in [5.74, 6) is -0.609. The van der Waals surface area contributed by atoms with E-state index in [1.54, 1.807) is 16.9 Å². The van der Waals surface area contributed by atoms with E-state index in [9.17, 15) is 4.79 Å². The number of carboxylic acid groups (broad SMARTS) is 1. The van der Waals surface area contributed by atoms with Crippen LogP contribution in [0.4, 0.5) is 0 Å². The molecule has 0 aliphatic rings. The second kappa shape index (κ2) is 2.85. The van der Waals surface area contributed by atoms with Crippen molar-refractivity contribution in [3.8, 4) is 0 Å². The van der Waals surface area contributed by atoms with Crippen LogP contribution in [-0.2, 0) is 11.2 Å². The Hall–Kier alpha value is -1.91. The summed E-state index contributed by atoms with van der Waals surface area (Å²) >= 11 is 0. The normalized spacial score (nSPS) is 10.5. The molecule has 2 aromatic heterocycles. The van der Waals surface area contributed by atoms with Gasteiger partial charge in [-0.3, -0.25) is 4.79 Å². The van der Waals surface area contributed by atoms with Gasteiger partial charge in [-0.2, -0.15) is 5.10 Å². The highest BCUT2D eigenvalue weighted by Gasteiger charge is 2.03. The van der Waals surface area contributed by atoms with E-state index < -0.39 is 5.97 Å². The smallest absolute Gasteiger partial charge is 0.311 e. The number of hydrogen-bond acceptors (Lipinski definition) is 3. The van der Waals surface area contributed by atoms with E-state index in [0.717, 1.165) is 5.52 Å². The Kier molecular flexibility index (Phi) is 1.70. The second-order valence-corrected chi connectivity index (χ2v) is 2.62. The summed E-state index contributed by atoms with van der Waals surface area (Å²) in [6, 6.07) is 3.68. The van der Waals surface area contributed by atoms with E-state index >= 15 is 0 Å². The maximum atomic E-state index is 10.4. The van der Waals surface area contributed by atoms with Crippen molar-refractivity contribution in [2.24, 2.45) is 0 Å². The van der Waals surface area contributed by atoms with Crippen molar-refractivity contribution in [2.45, 2.75) is 6.42 Å². The van der Waals surface area contributed by atoms with Gasteiger partial charge in [0.15, 0.2) is 5.82 Å². The molecule has 0 radical (unpaired) electrons. The van der Waals surface area contributed by atoms with Crippen LogP contribution in [0, 0.1) is 0 Å². The molecule has 0 spiro atoms. The quantitative estimate of drug-likeness (QED) is 0.719. The Balaban J connectivity index is 2.42. The van der Waals surface area contributed by atoms with Gasteiger partial charge >= 0.3 is 5.97 Å². The molecule has 13 heavy (non-hydrogen) atoms. The van der Waals surface area contributed by atoms with Gasteiger partial charge in [0.25, 0.3) is 0 Å². The second-order valence-electron chi connectivity index (χ2n) is 2.62. The average Bonchev–Trinajstić information content (AvgIpc) is 2.49. The molecule has 0 amide bonds. The van der Waals surface area contributed by atoms with Gasteiger partial charge < -0.3 is 5.11 Å². The Morgan fingerprint density at radius 2 is 2.46 bits per heavy atom. The number of carbonyl (C=O) groups is 1. The molecule has 2 rings (SSSR count). The van der Waals surface area contributed by atoms with Crippen LogP contribution in [0.5, 0.6) is 0 Å². The molecule has 0 aromatic carbocycles. The van der Waals surface area contributed by atoms with E-state index in [1.165, 1.54) is 0 Å². The summed E-state index contributed by atoms with van der Waals surface area (Å²) < 4.78 is 1.60. The summed E-state index contributed by atoms with van der Waals surface area (Å²) in [5.41, 5.74) is 0.856. The van der Waals surface area contributed by atoms with Crippen LogP contribution in [-0.4, -0.2) is 25.7 Å². The first-order valence-electron chi connectivity index (χ1n) is 3.77. The van der Waals surface area contributed by atoms with Crippen LogP contribution in [0.1, 0.15) is 5.82 Å². The Bertz CT molecular complexity index is 449. The molecule has 0 saturated carbocycles. The molecule has 0 aliphatic heterocycles. The number of rotatable bonds is 2. The number of carboxylic acids is 1. The molecule has 0 aliphatic carbocycles. The molecule has 0 bridgehead atoms. The van der Waals surface area contributed by atoms with Crippen LogP contribution in [0.2, 0.25) is 0 Å². The van der Waals surface area contributed by atoms with Crippen LogP contribution in [0.15, 0.2) is 24.5 Å². The van der Waals surface area contributed by atoms with Gasteiger partial charge in [0.05, 0.1) is 11.7 Å². The third-order valence-corrected chi connectivity index (χ3v) is 1.64. The Morgan fingerprint density at radius 3 is 3.23 bits per heavy atom. The zero-order valence-corrected chi connectivity index (χ0v) is 6.71. The van der Waals surface area contributed by atoms with Crippen molar-refractivity contribution < 1.29 is 9.90 Å². The van der Waals surface area contributed by atoms with E-state index in [4.69, 9.17) is 5.11 Å². The molecule has 0 atom stereocenters. The molecule has 5 heteroatoms. The molecule has 2 heterocycles. The maximum Gasteiger partial charge on any atom is 0.311 e. The largest absolute Gasteiger partial charge is 0.481 e. The fraction of sp³-hybridized carbons (Fsp3) is 0.125. The summed E-state index contributed by atoms with van der Waals surface area (Å²) in [5, 5.41) is 12.5. The first-order chi connectivity index (χ1) is 6.25. The van der Waals surface area contributed by atoms with Crippen LogP contribution in [0.25, 0.3) is 5.52 Å². The van der Waals surface area contributed by atoms with Gasteiger partial charge in [-0.1, -0.05) is 0 Å². The van der Waals surface area contributed by atoms with Gasteiger partial charge in [0.2, 0.25) is 0 Å². The van der Waals surface area contributed by atoms with Crippen LogP contribution in [0.3, 0.4) is 0 Å². The summed E-state index contributed by atoms with van der Waals surface area (Å²) in [6.45, 7) is 0. The zero-order chi connectivity index (χ0) is 9.26. The SMILES string of the molecule is O=C(O)Cc1ncc2cccn2n1. The van der Waals surface area contributed by atoms with Gasteiger partial charge in [0, 0.05) is 6.20 Å². The molecule has 66 valence electrons. The van der Waals surface area contributed by atoms with Gasteiger partial charge in [-0.25, -0.2) is 9.50 Å². The van der Waals surface area contributed by atoms with Crippen LogP contribution >= 0.6 is 0 Å². The minimum atomic E-state index is -0.925. The zero-order valence-electron chi connectivity index (χ0n) is 6.71. The molecule has 0 unspecified atom stereocenters. The van der Waals surface area contributed by atoms with Crippen molar-refractivity contribution >= 4 is 11.5 Å². The number of aromatic nitrogens is 3. The summed E-state index contributed by atoms with van der Waals surface area (Å²) in [6.07, 6.45) is 3.21. The lowest BCUT2D eigenvalue weighted by Gasteiger charge is -1.96. The molecule has 0 fully saturated rings. The molecular formula is C8H7N3O2. The third-order valence-electron chi connectivity index (χ3n) is 1.64. The van der Waals surface area contributed by atoms with Gasteiger partial charge in [-0.15, -0.1) is 0 Å². The Morgan fingerprint density at radius 1 is 1.62 bits per heavy atom. The van der Waals surface area contributed by atoms with E-state index in [-0.39, 0.29) is 6.42 Å². The number of fused-ring (bicyclic) bond motifs is 1. The lowest BCUT2D eigenvalue weighted by Crippen LogP contribution is -2.07. The van der Waals surface area contributed by atoms with Crippen molar-refractivity contribution in [1.82, 2.24) is 14.6 Å². The van der Waals surface area contributed by atoms with Crippen molar-refractivity contribution in [3.05, 3.63) is 30.4 Å².